The number of hydrogen-bond acceptors (Lipinski definition) is 5. The highest BCUT2D eigenvalue weighted by Crippen LogP contribution is 2.27. The third-order valence-corrected chi connectivity index (χ3v) is 5.27. The molecule has 4 aromatic rings. The van der Waals surface area contributed by atoms with Crippen LogP contribution in [0.4, 0.5) is 0 Å². The lowest BCUT2D eigenvalue weighted by Gasteiger charge is -2.13. The van der Waals surface area contributed by atoms with Gasteiger partial charge in [-0.15, -0.1) is 5.10 Å². The number of ether oxygens (including phenoxy) is 1. The smallest absolute Gasteiger partial charge is 0.163 e. The number of benzene rings is 2. The van der Waals surface area contributed by atoms with Crippen molar-refractivity contribution in [2.24, 2.45) is 0 Å². The predicted octanol–water partition coefficient (Wildman–Crippen LogP) is 4.66. The molecule has 31 heavy (non-hydrogen) atoms. The molecular formula is C25H25N5O. The van der Waals surface area contributed by atoms with Crippen LogP contribution in [0.3, 0.4) is 0 Å². The number of fused-ring (bicyclic) bond motifs is 1. The van der Waals surface area contributed by atoms with Gasteiger partial charge >= 0.3 is 0 Å². The van der Waals surface area contributed by atoms with E-state index < -0.39 is 0 Å². The molecule has 0 aliphatic heterocycles. The topological polar surface area (TPSA) is 76.1 Å². The van der Waals surface area contributed by atoms with Crippen LogP contribution in [0, 0.1) is 18.3 Å². The fraction of sp³-hybridized carbons (Fsp3) is 0.280. The van der Waals surface area contributed by atoms with Crippen LogP contribution in [0.2, 0.25) is 0 Å². The molecule has 2 heterocycles. The van der Waals surface area contributed by atoms with Crippen LogP contribution in [-0.2, 0) is 24.2 Å². The summed E-state index contributed by atoms with van der Waals surface area (Å²) in [6.45, 7) is 4.40. The molecule has 0 saturated heterocycles. The van der Waals surface area contributed by atoms with Crippen molar-refractivity contribution in [3.05, 3.63) is 82.6 Å². The fourth-order valence-corrected chi connectivity index (χ4v) is 3.90. The number of rotatable bonds is 7. The van der Waals surface area contributed by atoms with Gasteiger partial charge in [-0.1, -0.05) is 55.8 Å². The highest BCUT2D eigenvalue weighted by atomic mass is 16.5. The number of aromatic nitrogens is 4. The van der Waals surface area contributed by atoms with Crippen LogP contribution < -0.4 is 0 Å². The van der Waals surface area contributed by atoms with Crippen molar-refractivity contribution in [2.45, 2.75) is 39.7 Å². The van der Waals surface area contributed by atoms with Crippen LogP contribution >= 0.6 is 0 Å². The maximum atomic E-state index is 9.78. The maximum Gasteiger partial charge on any atom is 0.163 e. The first-order chi connectivity index (χ1) is 15.1. The van der Waals surface area contributed by atoms with Crippen LogP contribution in [-0.4, -0.2) is 26.7 Å². The van der Waals surface area contributed by atoms with Crippen molar-refractivity contribution < 1.29 is 4.74 Å². The zero-order chi connectivity index (χ0) is 21.8. The molecule has 2 aromatic heterocycles. The molecule has 6 heteroatoms. The van der Waals surface area contributed by atoms with E-state index in [9.17, 15) is 5.26 Å². The van der Waals surface area contributed by atoms with Crippen LogP contribution in [0.25, 0.3) is 16.8 Å². The van der Waals surface area contributed by atoms with E-state index in [1.165, 1.54) is 0 Å². The van der Waals surface area contributed by atoms with Gasteiger partial charge in [0, 0.05) is 24.8 Å². The number of nitrogens with zero attached hydrogens (tertiary/aromatic N) is 5. The van der Waals surface area contributed by atoms with Gasteiger partial charge in [-0.05, 0) is 36.1 Å². The zero-order valence-corrected chi connectivity index (χ0v) is 18.1. The first-order valence-electron chi connectivity index (χ1n) is 10.5. The molecule has 6 nitrogen and oxygen atoms in total. The van der Waals surface area contributed by atoms with Crippen molar-refractivity contribution in [2.75, 3.05) is 7.11 Å². The minimum Gasteiger partial charge on any atom is -0.377 e. The summed E-state index contributed by atoms with van der Waals surface area (Å²) in [4.78, 5) is 9.56. The van der Waals surface area contributed by atoms with Gasteiger partial charge in [-0.2, -0.15) is 9.78 Å². The predicted molar refractivity (Wildman–Crippen MR) is 120 cm³/mol. The number of methoxy groups -OCH3 is 1. The SMILES string of the molecule is CCCc1nc(COC)n2nc(C)nc2c1Cc1ccc(-c2ccccc2)c(C#N)c1. The molecule has 0 bridgehead atoms. The Morgan fingerprint density at radius 1 is 1.10 bits per heavy atom. The summed E-state index contributed by atoms with van der Waals surface area (Å²) in [5, 5.41) is 14.3. The Kier molecular flexibility index (Phi) is 6.06. The lowest BCUT2D eigenvalue weighted by Crippen LogP contribution is -2.11. The highest BCUT2D eigenvalue weighted by molar-refractivity contribution is 5.71. The molecule has 156 valence electrons. The fourth-order valence-electron chi connectivity index (χ4n) is 3.90. The molecular weight excluding hydrogens is 386 g/mol. The lowest BCUT2D eigenvalue weighted by molar-refractivity contribution is 0.175. The summed E-state index contributed by atoms with van der Waals surface area (Å²) in [6.07, 6.45) is 2.47. The molecule has 0 N–H and O–H groups in total. The van der Waals surface area contributed by atoms with Crippen LogP contribution in [0.15, 0.2) is 48.5 Å². The minimum atomic E-state index is 0.376. The third kappa shape index (κ3) is 4.18. The second kappa shape index (κ2) is 9.07. The maximum absolute atomic E-state index is 9.78. The highest BCUT2D eigenvalue weighted by Gasteiger charge is 2.18. The van der Waals surface area contributed by atoms with Gasteiger partial charge in [0.15, 0.2) is 11.5 Å². The molecule has 0 amide bonds. The van der Waals surface area contributed by atoms with E-state index in [1.807, 2.05) is 49.4 Å². The van der Waals surface area contributed by atoms with Crippen molar-refractivity contribution in [1.82, 2.24) is 19.6 Å². The Balaban J connectivity index is 1.80. The van der Waals surface area contributed by atoms with E-state index in [1.54, 1.807) is 11.6 Å². The molecule has 0 saturated carbocycles. The number of aryl methyl sites for hydroxylation is 2. The zero-order valence-electron chi connectivity index (χ0n) is 18.1. The van der Waals surface area contributed by atoms with Gasteiger partial charge < -0.3 is 4.74 Å². The Morgan fingerprint density at radius 2 is 1.90 bits per heavy atom. The summed E-state index contributed by atoms with van der Waals surface area (Å²) < 4.78 is 7.12. The molecule has 2 aromatic carbocycles. The largest absolute Gasteiger partial charge is 0.377 e. The van der Waals surface area contributed by atoms with Crippen molar-refractivity contribution >= 4 is 5.65 Å². The van der Waals surface area contributed by atoms with Crippen molar-refractivity contribution in [1.29, 1.82) is 5.26 Å². The number of hydrogen-bond donors (Lipinski definition) is 0. The summed E-state index contributed by atoms with van der Waals surface area (Å²) in [6, 6.07) is 18.4. The quantitative estimate of drug-likeness (QED) is 0.442. The van der Waals surface area contributed by atoms with Gasteiger partial charge in [-0.3, -0.25) is 0 Å². The summed E-state index contributed by atoms with van der Waals surface area (Å²) >= 11 is 0. The lowest BCUT2D eigenvalue weighted by atomic mass is 9.95. The average molecular weight is 412 g/mol. The second-order valence-electron chi connectivity index (χ2n) is 7.57. The van der Waals surface area contributed by atoms with Gasteiger partial charge in [-0.25, -0.2) is 9.97 Å². The van der Waals surface area contributed by atoms with E-state index in [2.05, 4.69) is 24.2 Å². The van der Waals surface area contributed by atoms with E-state index in [0.29, 0.717) is 24.4 Å². The number of nitriles is 1. The van der Waals surface area contributed by atoms with Gasteiger partial charge in [0.2, 0.25) is 0 Å². The summed E-state index contributed by atoms with van der Waals surface area (Å²) in [5.41, 5.74) is 6.58. The summed E-state index contributed by atoms with van der Waals surface area (Å²) in [7, 11) is 1.66. The second-order valence-corrected chi connectivity index (χ2v) is 7.57. The molecule has 0 atom stereocenters. The normalized spacial score (nSPS) is 11.0. The molecule has 0 spiro atoms. The van der Waals surface area contributed by atoms with Gasteiger partial charge in [0.1, 0.15) is 12.4 Å². The molecule has 0 fully saturated rings. The first kappa shape index (κ1) is 20.7. The molecule has 0 radical (unpaired) electrons. The van der Waals surface area contributed by atoms with Crippen molar-refractivity contribution in [3.8, 4) is 17.2 Å². The first-order valence-corrected chi connectivity index (χ1v) is 10.5. The van der Waals surface area contributed by atoms with E-state index >= 15 is 0 Å². The molecule has 0 aliphatic rings. The molecule has 4 rings (SSSR count). The van der Waals surface area contributed by atoms with Crippen LogP contribution in [0.5, 0.6) is 0 Å². The Labute approximate surface area is 182 Å². The Bertz CT molecular complexity index is 1250. The Hall–Kier alpha value is -3.56. The minimum absolute atomic E-state index is 0.376. The van der Waals surface area contributed by atoms with Crippen LogP contribution in [0.1, 0.15) is 47.4 Å². The van der Waals surface area contributed by atoms with Crippen molar-refractivity contribution in [3.63, 3.8) is 0 Å². The van der Waals surface area contributed by atoms with E-state index in [-0.39, 0.29) is 0 Å². The third-order valence-electron chi connectivity index (χ3n) is 5.27. The standard InChI is InChI=1S/C25H25N5O/c1-4-8-23-22(25-27-17(2)29-30(25)24(28-23)16-31-3)14-18-11-12-21(20(13-18)15-26)19-9-6-5-7-10-19/h5-7,9-13H,4,8,14,16H2,1-3H3. The Morgan fingerprint density at radius 3 is 2.61 bits per heavy atom. The van der Waals surface area contributed by atoms with Gasteiger partial charge in [0.05, 0.1) is 11.6 Å². The van der Waals surface area contributed by atoms with Gasteiger partial charge in [0.25, 0.3) is 0 Å². The average Bonchev–Trinajstić information content (AvgIpc) is 3.19. The van der Waals surface area contributed by atoms with E-state index in [0.717, 1.165) is 52.3 Å². The molecule has 0 unspecified atom stereocenters. The van der Waals surface area contributed by atoms with E-state index in [4.69, 9.17) is 14.7 Å². The summed E-state index contributed by atoms with van der Waals surface area (Å²) in [5.74, 6) is 1.45. The molecule has 0 aliphatic carbocycles. The monoisotopic (exact) mass is 411 g/mol.